The molecule has 2 aromatic rings. The average molecular weight is 257 g/mol. The molecule has 0 radical (unpaired) electrons. The van der Waals surface area contributed by atoms with E-state index in [9.17, 15) is 4.79 Å². The van der Waals surface area contributed by atoms with Crippen molar-refractivity contribution in [3.05, 3.63) is 47.9 Å². The number of carboxylic acid groups (broad SMARTS) is 1. The van der Waals surface area contributed by atoms with Gasteiger partial charge in [-0.1, -0.05) is 24.3 Å². The first-order valence-corrected chi connectivity index (χ1v) is 5.94. The van der Waals surface area contributed by atoms with Gasteiger partial charge >= 0.3 is 5.97 Å². The third-order valence-corrected chi connectivity index (χ3v) is 2.85. The van der Waals surface area contributed by atoms with E-state index in [0.29, 0.717) is 5.82 Å². The quantitative estimate of drug-likeness (QED) is 0.864. The highest BCUT2D eigenvalue weighted by Gasteiger charge is 2.14. The standard InChI is InChI=1S/C14H15N3O2/c1-9-4-2-3-5-10(9)12-6-7-16-13(17-12)8-11(15)14(18)19/h2-7,11H,8,15H2,1H3,(H,18,19). The zero-order valence-electron chi connectivity index (χ0n) is 10.6. The topological polar surface area (TPSA) is 89.1 Å². The van der Waals surface area contributed by atoms with Crippen LogP contribution in [0, 0.1) is 6.92 Å². The van der Waals surface area contributed by atoms with Crippen LogP contribution in [0.3, 0.4) is 0 Å². The summed E-state index contributed by atoms with van der Waals surface area (Å²) in [6, 6.07) is 8.69. The molecule has 1 unspecified atom stereocenters. The predicted octanol–water partition coefficient (Wildman–Crippen LogP) is 1.41. The van der Waals surface area contributed by atoms with E-state index in [1.807, 2.05) is 31.2 Å². The van der Waals surface area contributed by atoms with E-state index in [1.54, 1.807) is 12.3 Å². The van der Waals surface area contributed by atoms with E-state index in [-0.39, 0.29) is 6.42 Å². The Bertz CT molecular complexity index is 599. The van der Waals surface area contributed by atoms with Crippen LogP contribution in [-0.4, -0.2) is 27.1 Å². The summed E-state index contributed by atoms with van der Waals surface area (Å²) in [7, 11) is 0. The zero-order chi connectivity index (χ0) is 13.8. The maximum Gasteiger partial charge on any atom is 0.320 e. The molecule has 19 heavy (non-hydrogen) atoms. The van der Waals surface area contributed by atoms with Crippen molar-refractivity contribution in [1.82, 2.24) is 9.97 Å². The van der Waals surface area contributed by atoms with E-state index in [0.717, 1.165) is 16.8 Å². The van der Waals surface area contributed by atoms with E-state index in [4.69, 9.17) is 10.8 Å². The lowest BCUT2D eigenvalue weighted by atomic mass is 10.1. The molecule has 1 aromatic carbocycles. The Kier molecular flexibility index (Phi) is 3.87. The van der Waals surface area contributed by atoms with Gasteiger partial charge in [-0.2, -0.15) is 0 Å². The van der Waals surface area contributed by atoms with Crippen molar-refractivity contribution in [2.24, 2.45) is 5.73 Å². The van der Waals surface area contributed by atoms with Crippen molar-refractivity contribution in [1.29, 1.82) is 0 Å². The molecule has 0 aliphatic carbocycles. The number of rotatable bonds is 4. The summed E-state index contributed by atoms with van der Waals surface area (Å²) in [5, 5.41) is 8.79. The Morgan fingerprint density at radius 2 is 2.11 bits per heavy atom. The molecular formula is C14H15N3O2. The molecule has 1 heterocycles. The van der Waals surface area contributed by atoms with E-state index >= 15 is 0 Å². The summed E-state index contributed by atoms with van der Waals surface area (Å²) < 4.78 is 0. The molecule has 0 spiro atoms. The molecule has 5 heteroatoms. The Balaban J connectivity index is 2.30. The van der Waals surface area contributed by atoms with Crippen molar-refractivity contribution >= 4 is 5.97 Å². The minimum absolute atomic E-state index is 0.120. The predicted molar refractivity (Wildman–Crippen MR) is 71.5 cm³/mol. The number of hydrogen-bond acceptors (Lipinski definition) is 4. The third-order valence-electron chi connectivity index (χ3n) is 2.85. The molecule has 0 saturated heterocycles. The van der Waals surface area contributed by atoms with E-state index in [2.05, 4.69) is 9.97 Å². The van der Waals surface area contributed by atoms with Crippen molar-refractivity contribution in [2.45, 2.75) is 19.4 Å². The maximum atomic E-state index is 10.7. The van der Waals surface area contributed by atoms with Gasteiger partial charge < -0.3 is 10.8 Å². The highest BCUT2D eigenvalue weighted by Crippen LogP contribution is 2.20. The molecule has 0 aliphatic heterocycles. The number of nitrogens with zero attached hydrogens (tertiary/aromatic N) is 2. The zero-order valence-corrected chi connectivity index (χ0v) is 10.6. The van der Waals surface area contributed by atoms with Crippen LogP contribution in [0.1, 0.15) is 11.4 Å². The largest absolute Gasteiger partial charge is 0.480 e. The first-order chi connectivity index (χ1) is 9.08. The maximum absolute atomic E-state index is 10.7. The fraction of sp³-hybridized carbons (Fsp3) is 0.214. The minimum Gasteiger partial charge on any atom is -0.480 e. The number of carboxylic acids is 1. The van der Waals surface area contributed by atoms with Gasteiger partial charge in [0.1, 0.15) is 11.9 Å². The summed E-state index contributed by atoms with van der Waals surface area (Å²) in [5.74, 6) is -0.611. The van der Waals surface area contributed by atoms with Gasteiger partial charge in [-0.05, 0) is 18.6 Å². The molecule has 98 valence electrons. The van der Waals surface area contributed by atoms with Gasteiger partial charge in [0.2, 0.25) is 0 Å². The number of nitrogens with two attached hydrogens (primary N) is 1. The SMILES string of the molecule is Cc1ccccc1-c1ccnc(CC(N)C(=O)O)n1. The first-order valence-electron chi connectivity index (χ1n) is 5.94. The van der Waals surface area contributed by atoms with Crippen molar-refractivity contribution in [3.8, 4) is 11.3 Å². The van der Waals surface area contributed by atoms with Gasteiger partial charge in [0.25, 0.3) is 0 Å². The van der Waals surface area contributed by atoms with Crippen LogP contribution in [0.5, 0.6) is 0 Å². The van der Waals surface area contributed by atoms with Crippen LogP contribution in [0.4, 0.5) is 0 Å². The summed E-state index contributed by atoms with van der Waals surface area (Å²) in [6.07, 6.45) is 1.74. The van der Waals surface area contributed by atoms with Crippen molar-refractivity contribution in [3.63, 3.8) is 0 Å². The molecule has 1 aromatic heterocycles. The summed E-state index contributed by atoms with van der Waals surface area (Å²) in [5.41, 5.74) is 8.38. The Morgan fingerprint density at radius 1 is 1.37 bits per heavy atom. The first kappa shape index (κ1) is 13.2. The van der Waals surface area contributed by atoms with Crippen LogP contribution in [0.15, 0.2) is 36.5 Å². The molecule has 0 bridgehead atoms. The second-order valence-corrected chi connectivity index (χ2v) is 4.32. The molecule has 2 rings (SSSR count). The lowest BCUT2D eigenvalue weighted by molar-refractivity contribution is -0.138. The van der Waals surface area contributed by atoms with Gasteiger partial charge in [-0.25, -0.2) is 9.97 Å². The fourth-order valence-corrected chi connectivity index (χ4v) is 1.79. The van der Waals surface area contributed by atoms with Gasteiger partial charge in [0.05, 0.1) is 5.69 Å². The lowest BCUT2D eigenvalue weighted by Gasteiger charge is -2.08. The fourth-order valence-electron chi connectivity index (χ4n) is 1.79. The normalized spacial score (nSPS) is 12.1. The lowest BCUT2D eigenvalue weighted by Crippen LogP contribution is -2.32. The van der Waals surface area contributed by atoms with E-state index < -0.39 is 12.0 Å². The van der Waals surface area contributed by atoms with Crippen molar-refractivity contribution < 1.29 is 9.90 Å². The second-order valence-electron chi connectivity index (χ2n) is 4.32. The number of aryl methyl sites for hydroxylation is 1. The molecule has 0 amide bonds. The molecule has 5 nitrogen and oxygen atoms in total. The smallest absolute Gasteiger partial charge is 0.320 e. The molecule has 1 atom stereocenters. The number of hydrogen-bond donors (Lipinski definition) is 2. The molecule has 0 fully saturated rings. The van der Waals surface area contributed by atoms with E-state index in [1.165, 1.54) is 0 Å². The monoisotopic (exact) mass is 257 g/mol. The highest BCUT2D eigenvalue weighted by molar-refractivity contribution is 5.73. The Hall–Kier alpha value is -2.27. The summed E-state index contributed by atoms with van der Waals surface area (Å²) in [6.45, 7) is 2.00. The number of aromatic nitrogens is 2. The van der Waals surface area contributed by atoms with Gasteiger partial charge in [-0.15, -0.1) is 0 Å². The van der Waals surface area contributed by atoms with Crippen LogP contribution >= 0.6 is 0 Å². The van der Waals surface area contributed by atoms with Crippen LogP contribution in [0.25, 0.3) is 11.3 Å². The summed E-state index contributed by atoms with van der Waals surface area (Å²) >= 11 is 0. The number of benzene rings is 1. The molecule has 0 saturated carbocycles. The number of aliphatic carboxylic acids is 1. The Labute approximate surface area is 111 Å². The number of carbonyl (C=O) groups is 1. The van der Waals surface area contributed by atoms with Crippen LogP contribution in [-0.2, 0) is 11.2 Å². The minimum atomic E-state index is -1.05. The van der Waals surface area contributed by atoms with Crippen LogP contribution in [0.2, 0.25) is 0 Å². The van der Waals surface area contributed by atoms with Crippen LogP contribution < -0.4 is 5.73 Å². The highest BCUT2D eigenvalue weighted by atomic mass is 16.4. The Morgan fingerprint density at radius 3 is 2.79 bits per heavy atom. The molecule has 3 N–H and O–H groups in total. The van der Waals surface area contributed by atoms with Gasteiger partial charge in [0.15, 0.2) is 0 Å². The third kappa shape index (κ3) is 3.14. The van der Waals surface area contributed by atoms with Crippen molar-refractivity contribution in [2.75, 3.05) is 0 Å². The average Bonchev–Trinajstić information content (AvgIpc) is 2.39. The molecule has 0 aliphatic rings. The molecular weight excluding hydrogens is 242 g/mol. The summed E-state index contributed by atoms with van der Waals surface area (Å²) in [4.78, 5) is 19.2. The second kappa shape index (κ2) is 5.58. The van der Waals surface area contributed by atoms with Gasteiger partial charge in [0, 0.05) is 18.2 Å². The van der Waals surface area contributed by atoms with Gasteiger partial charge in [-0.3, -0.25) is 4.79 Å².